The van der Waals surface area contributed by atoms with Gasteiger partial charge in [0.1, 0.15) is 23.1 Å². The van der Waals surface area contributed by atoms with Crippen LogP contribution in [0.1, 0.15) is 49.0 Å². The number of carbonyl (C=O) groups is 2. The molecule has 1 aromatic heterocycles. The molecule has 1 atom stereocenters. The Bertz CT molecular complexity index is 969. The lowest BCUT2D eigenvalue weighted by atomic mass is 9.77. The van der Waals surface area contributed by atoms with Gasteiger partial charge >= 0.3 is 0 Å². The predicted octanol–water partition coefficient (Wildman–Crippen LogP) is 3.39. The molecule has 0 bridgehead atoms. The molecule has 1 saturated carbocycles. The Labute approximate surface area is 195 Å². The normalized spacial score (nSPS) is 16.0. The van der Waals surface area contributed by atoms with Crippen molar-refractivity contribution in [2.75, 3.05) is 13.2 Å². The van der Waals surface area contributed by atoms with Gasteiger partial charge in [0, 0.05) is 18.2 Å². The highest BCUT2D eigenvalue weighted by atomic mass is 35.5. The zero-order valence-corrected chi connectivity index (χ0v) is 18.7. The number of halogens is 3. The van der Waals surface area contributed by atoms with Crippen LogP contribution in [0.25, 0.3) is 0 Å². The van der Waals surface area contributed by atoms with Crippen LogP contribution in [0.3, 0.4) is 0 Å². The Morgan fingerprint density at radius 1 is 1.18 bits per heavy atom. The summed E-state index contributed by atoms with van der Waals surface area (Å²) in [5, 5.41) is 16.1. The number of benzene rings is 1. The van der Waals surface area contributed by atoms with Gasteiger partial charge in [0.25, 0.3) is 11.8 Å². The van der Waals surface area contributed by atoms with E-state index in [1.165, 1.54) is 18.2 Å². The van der Waals surface area contributed by atoms with Crippen molar-refractivity contribution in [3.8, 4) is 5.75 Å². The Hall–Kier alpha value is -2.78. The summed E-state index contributed by atoms with van der Waals surface area (Å²) in [6, 6.07) is 6.31. The maximum Gasteiger partial charge on any atom is 0.269 e. The monoisotopic (exact) mass is 481 g/mol. The van der Waals surface area contributed by atoms with E-state index in [4.69, 9.17) is 16.3 Å². The van der Waals surface area contributed by atoms with Crippen molar-refractivity contribution in [1.82, 2.24) is 15.6 Å². The fourth-order valence-corrected chi connectivity index (χ4v) is 4.11. The van der Waals surface area contributed by atoms with Crippen LogP contribution in [0.15, 0.2) is 36.5 Å². The first-order valence-corrected chi connectivity index (χ1v) is 11.1. The van der Waals surface area contributed by atoms with Crippen molar-refractivity contribution >= 4 is 23.4 Å². The van der Waals surface area contributed by atoms with E-state index in [9.17, 15) is 23.5 Å². The van der Waals surface area contributed by atoms with Crippen molar-refractivity contribution in [1.29, 1.82) is 0 Å². The molecule has 33 heavy (non-hydrogen) atoms. The van der Waals surface area contributed by atoms with Gasteiger partial charge in [-0.2, -0.15) is 0 Å². The van der Waals surface area contributed by atoms with Crippen LogP contribution in [-0.4, -0.2) is 46.7 Å². The van der Waals surface area contributed by atoms with Gasteiger partial charge in [-0.3, -0.25) is 9.59 Å². The molecule has 2 amide bonds. The largest absolute Gasteiger partial charge is 0.484 e. The standard InChI is InChI=1S/C23H26ClF2N3O4/c24-18-6-5-17(10-19(18)26)33-14-21(31)29-23(8-2-1-3-9-23)11-16(30)13-28-22(32)20-7-4-15(25)12-27-20/h4-7,10,12,16,30H,1-3,8-9,11,13-14H2,(H,28,32)(H,29,31). The van der Waals surface area contributed by atoms with Gasteiger partial charge in [-0.15, -0.1) is 0 Å². The van der Waals surface area contributed by atoms with Gasteiger partial charge in [-0.25, -0.2) is 13.8 Å². The molecule has 0 radical (unpaired) electrons. The van der Waals surface area contributed by atoms with E-state index in [2.05, 4.69) is 15.6 Å². The number of hydrogen-bond donors (Lipinski definition) is 3. The zero-order chi connectivity index (χ0) is 23.8. The quantitative estimate of drug-likeness (QED) is 0.509. The first-order valence-electron chi connectivity index (χ1n) is 10.7. The third-order valence-corrected chi connectivity index (χ3v) is 5.87. The SMILES string of the molecule is O=C(COc1ccc(Cl)c(F)c1)NC1(CC(O)CNC(=O)c2ccc(F)cn2)CCCCC1. The van der Waals surface area contributed by atoms with Gasteiger partial charge in [0.05, 0.1) is 17.3 Å². The van der Waals surface area contributed by atoms with Gasteiger partial charge in [-0.1, -0.05) is 30.9 Å². The summed E-state index contributed by atoms with van der Waals surface area (Å²) in [4.78, 5) is 28.4. The highest BCUT2D eigenvalue weighted by molar-refractivity contribution is 6.30. The zero-order valence-electron chi connectivity index (χ0n) is 18.0. The fourth-order valence-electron chi connectivity index (χ4n) is 3.99. The van der Waals surface area contributed by atoms with Crippen LogP contribution in [0.2, 0.25) is 5.02 Å². The number of rotatable bonds is 9. The highest BCUT2D eigenvalue weighted by Crippen LogP contribution is 2.32. The third-order valence-electron chi connectivity index (χ3n) is 5.56. The van der Waals surface area contributed by atoms with E-state index < -0.39 is 29.2 Å². The second-order valence-electron chi connectivity index (χ2n) is 8.18. The van der Waals surface area contributed by atoms with Crippen LogP contribution in [0.4, 0.5) is 8.78 Å². The summed E-state index contributed by atoms with van der Waals surface area (Å²) in [6.45, 7) is -0.359. The number of aromatic nitrogens is 1. The Balaban J connectivity index is 1.53. The second kappa shape index (κ2) is 11.4. The molecule has 0 spiro atoms. The van der Waals surface area contributed by atoms with Gasteiger partial charge in [0.15, 0.2) is 6.61 Å². The van der Waals surface area contributed by atoms with Crippen LogP contribution in [0.5, 0.6) is 5.75 Å². The Kier molecular flexibility index (Phi) is 8.57. The van der Waals surface area contributed by atoms with E-state index in [0.717, 1.165) is 37.6 Å². The third kappa shape index (κ3) is 7.36. The van der Waals surface area contributed by atoms with Crippen LogP contribution >= 0.6 is 11.6 Å². The minimum Gasteiger partial charge on any atom is -0.484 e. The van der Waals surface area contributed by atoms with Gasteiger partial charge < -0.3 is 20.5 Å². The van der Waals surface area contributed by atoms with Crippen molar-refractivity contribution in [3.63, 3.8) is 0 Å². The summed E-state index contributed by atoms with van der Waals surface area (Å²) in [5.41, 5.74) is -0.595. The average Bonchev–Trinajstić information content (AvgIpc) is 2.79. The Morgan fingerprint density at radius 3 is 2.61 bits per heavy atom. The number of amides is 2. The molecule has 3 N–H and O–H groups in total. The average molecular weight is 482 g/mol. The molecular formula is C23H26ClF2N3O4. The molecule has 1 unspecified atom stereocenters. The molecule has 0 saturated heterocycles. The van der Waals surface area contributed by atoms with E-state index >= 15 is 0 Å². The fraction of sp³-hybridized carbons (Fsp3) is 0.435. The number of nitrogens with zero attached hydrogens (tertiary/aromatic N) is 1. The highest BCUT2D eigenvalue weighted by Gasteiger charge is 2.35. The van der Waals surface area contributed by atoms with Gasteiger partial charge in [0.2, 0.25) is 0 Å². The maximum absolute atomic E-state index is 13.5. The van der Waals surface area contributed by atoms with Crippen LogP contribution < -0.4 is 15.4 Å². The van der Waals surface area contributed by atoms with Gasteiger partial charge in [-0.05, 0) is 43.5 Å². The number of ether oxygens (including phenoxy) is 1. The smallest absolute Gasteiger partial charge is 0.269 e. The number of pyridine rings is 1. The van der Waals surface area contributed by atoms with Crippen molar-refractivity contribution in [3.05, 3.63) is 58.9 Å². The second-order valence-corrected chi connectivity index (χ2v) is 8.59. The molecule has 0 aliphatic heterocycles. The van der Waals surface area contributed by atoms with E-state index in [1.807, 2.05) is 0 Å². The minimum atomic E-state index is -0.918. The predicted molar refractivity (Wildman–Crippen MR) is 118 cm³/mol. The van der Waals surface area contributed by atoms with E-state index in [0.29, 0.717) is 12.8 Å². The molecule has 1 fully saturated rings. The van der Waals surface area contributed by atoms with E-state index in [-0.39, 0.29) is 41.9 Å². The lowest BCUT2D eigenvalue weighted by Gasteiger charge is -2.39. The van der Waals surface area contributed by atoms with Crippen LogP contribution in [-0.2, 0) is 4.79 Å². The summed E-state index contributed by atoms with van der Waals surface area (Å²) >= 11 is 5.65. The summed E-state index contributed by atoms with van der Waals surface area (Å²) in [7, 11) is 0. The molecule has 2 aromatic rings. The molecular weight excluding hydrogens is 456 g/mol. The summed E-state index contributed by atoms with van der Waals surface area (Å²) < 4.78 is 31.9. The maximum atomic E-state index is 13.5. The number of aliphatic hydroxyl groups is 1. The van der Waals surface area contributed by atoms with E-state index in [1.54, 1.807) is 0 Å². The molecule has 3 rings (SSSR count). The minimum absolute atomic E-state index is 0.0377. The van der Waals surface area contributed by atoms with Crippen molar-refractivity contribution < 1.29 is 28.2 Å². The molecule has 1 aromatic carbocycles. The lowest BCUT2D eigenvalue weighted by Crippen LogP contribution is -2.54. The first kappa shape index (κ1) is 24.9. The molecule has 1 heterocycles. The molecule has 10 heteroatoms. The lowest BCUT2D eigenvalue weighted by molar-refractivity contribution is -0.126. The summed E-state index contributed by atoms with van der Waals surface area (Å²) in [5.74, 6) is -1.92. The topological polar surface area (TPSA) is 101 Å². The molecule has 7 nitrogen and oxygen atoms in total. The molecule has 178 valence electrons. The molecule has 1 aliphatic rings. The molecule has 1 aliphatic carbocycles. The number of hydrogen-bond acceptors (Lipinski definition) is 5. The Morgan fingerprint density at radius 2 is 1.94 bits per heavy atom. The summed E-state index contributed by atoms with van der Waals surface area (Å²) in [6.07, 6.45) is 4.44. The van der Waals surface area contributed by atoms with Crippen molar-refractivity contribution in [2.24, 2.45) is 0 Å². The number of nitrogens with one attached hydrogen (secondary N) is 2. The van der Waals surface area contributed by atoms with Crippen LogP contribution in [0, 0.1) is 11.6 Å². The number of aliphatic hydroxyl groups excluding tert-OH is 1. The number of carbonyl (C=O) groups excluding carboxylic acids is 2. The first-order chi connectivity index (χ1) is 15.8. The van der Waals surface area contributed by atoms with Crippen molar-refractivity contribution in [2.45, 2.75) is 50.2 Å².